The van der Waals surface area contributed by atoms with Crippen LogP contribution in [0.15, 0.2) is 88.9 Å². The number of benzene rings is 2. The lowest BCUT2D eigenvalue weighted by molar-refractivity contribution is 0.977. The molecule has 5 aromatic rings. The SMILES string of the molecule is O=c1cc(CSc2nc(NCc3ccc(Cl)cc3)c3ccccc3n2)nc2ccccn12. The van der Waals surface area contributed by atoms with E-state index in [4.69, 9.17) is 16.6 Å². The predicted octanol–water partition coefficient (Wildman–Crippen LogP) is 5.20. The number of thioether (sulfide) groups is 1. The molecule has 0 spiro atoms. The Hall–Kier alpha value is -3.42. The first-order chi connectivity index (χ1) is 15.7. The second-order valence-corrected chi connectivity index (χ2v) is 8.53. The summed E-state index contributed by atoms with van der Waals surface area (Å²) < 4.78 is 1.53. The van der Waals surface area contributed by atoms with Crippen molar-refractivity contribution in [2.45, 2.75) is 17.5 Å². The number of nitrogens with zero attached hydrogens (tertiary/aromatic N) is 4. The highest BCUT2D eigenvalue weighted by atomic mass is 35.5. The third-order valence-electron chi connectivity index (χ3n) is 4.93. The van der Waals surface area contributed by atoms with Crippen LogP contribution in [0.2, 0.25) is 5.02 Å². The van der Waals surface area contributed by atoms with E-state index in [1.54, 1.807) is 12.3 Å². The largest absolute Gasteiger partial charge is 0.365 e. The van der Waals surface area contributed by atoms with E-state index in [2.05, 4.69) is 15.3 Å². The van der Waals surface area contributed by atoms with Crippen LogP contribution >= 0.6 is 23.4 Å². The molecule has 1 N–H and O–H groups in total. The van der Waals surface area contributed by atoms with Gasteiger partial charge in [-0.05, 0) is 42.0 Å². The van der Waals surface area contributed by atoms with Gasteiger partial charge in [-0.2, -0.15) is 0 Å². The number of pyridine rings is 1. The fraction of sp³-hybridized carbons (Fsp3) is 0.0833. The number of rotatable bonds is 6. The van der Waals surface area contributed by atoms with Crippen molar-refractivity contribution in [1.82, 2.24) is 19.4 Å². The number of hydrogen-bond acceptors (Lipinski definition) is 6. The van der Waals surface area contributed by atoms with Gasteiger partial charge in [0.2, 0.25) is 0 Å². The standard InChI is InChI=1S/C24H18ClN5OS/c25-17-10-8-16(9-11-17)14-26-23-19-5-1-2-6-20(19)28-24(29-23)32-15-18-13-22(31)30-12-4-3-7-21(30)27-18/h1-13H,14-15H2,(H,26,28,29). The zero-order valence-electron chi connectivity index (χ0n) is 16.9. The quantitative estimate of drug-likeness (QED) is 0.278. The van der Waals surface area contributed by atoms with Crippen LogP contribution in [-0.2, 0) is 12.3 Å². The van der Waals surface area contributed by atoms with Crippen LogP contribution in [0.25, 0.3) is 16.6 Å². The molecule has 5 rings (SSSR count). The Kier molecular flexibility index (Phi) is 5.75. The maximum Gasteiger partial charge on any atom is 0.258 e. The lowest BCUT2D eigenvalue weighted by atomic mass is 10.2. The molecule has 0 aliphatic heterocycles. The monoisotopic (exact) mass is 459 g/mol. The molecule has 0 fully saturated rings. The number of hydrogen-bond donors (Lipinski definition) is 1. The second-order valence-electron chi connectivity index (χ2n) is 7.16. The summed E-state index contributed by atoms with van der Waals surface area (Å²) >= 11 is 7.44. The fourth-order valence-corrected chi connectivity index (χ4v) is 4.23. The highest BCUT2D eigenvalue weighted by Crippen LogP contribution is 2.26. The highest BCUT2D eigenvalue weighted by Gasteiger charge is 2.10. The normalized spacial score (nSPS) is 11.2. The molecule has 0 saturated heterocycles. The van der Waals surface area contributed by atoms with Gasteiger partial charge in [0, 0.05) is 35.0 Å². The summed E-state index contributed by atoms with van der Waals surface area (Å²) in [6, 6.07) is 22.7. The fourth-order valence-electron chi connectivity index (χ4n) is 3.36. The van der Waals surface area contributed by atoms with E-state index in [0.717, 1.165) is 22.3 Å². The minimum atomic E-state index is -0.101. The Morgan fingerprint density at radius 3 is 2.62 bits per heavy atom. The van der Waals surface area contributed by atoms with Crippen LogP contribution in [-0.4, -0.2) is 19.4 Å². The van der Waals surface area contributed by atoms with Crippen LogP contribution in [0.3, 0.4) is 0 Å². The first-order valence-corrected chi connectivity index (χ1v) is 11.4. The molecule has 3 aromatic heterocycles. The summed E-state index contributed by atoms with van der Waals surface area (Å²) in [7, 11) is 0. The molecule has 0 unspecified atom stereocenters. The van der Waals surface area contributed by atoms with Crippen molar-refractivity contribution < 1.29 is 0 Å². The topological polar surface area (TPSA) is 72.2 Å². The van der Waals surface area contributed by atoms with Crippen LogP contribution in [0, 0.1) is 0 Å². The number of halogens is 1. The highest BCUT2D eigenvalue weighted by molar-refractivity contribution is 7.98. The average molecular weight is 460 g/mol. The van der Waals surface area contributed by atoms with Gasteiger partial charge < -0.3 is 5.32 Å². The number of nitrogens with one attached hydrogen (secondary N) is 1. The lowest BCUT2D eigenvalue weighted by Gasteiger charge is -2.11. The molecule has 0 atom stereocenters. The third kappa shape index (κ3) is 4.44. The molecule has 0 bridgehead atoms. The molecule has 158 valence electrons. The van der Waals surface area contributed by atoms with Gasteiger partial charge in [-0.15, -0.1) is 0 Å². The average Bonchev–Trinajstić information content (AvgIpc) is 2.82. The van der Waals surface area contributed by atoms with Crippen molar-refractivity contribution in [3.8, 4) is 0 Å². The van der Waals surface area contributed by atoms with E-state index >= 15 is 0 Å². The summed E-state index contributed by atoms with van der Waals surface area (Å²) in [5, 5.41) is 5.70. The zero-order valence-corrected chi connectivity index (χ0v) is 18.5. The molecule has 0 aliphatic rings. The number of anilines is 1. The molecular formula is C24H18ClN5OS. The Balaban J connectivity index is 1.40. The van der Waals surface area contributed by atoms with Gasteiger partial charge in [0.05, 0.1) is 11.2 Å². The van der Waals surface area contributed by atoms with Crippen molar-refractivity contribution in [3.05, 3.63) is 106 Å². The number of aromatic nitrogens is 4. The van der Waals surface area contributed by atoms with Gasteiger partial charge in [-0.3, -0.25) is 9.20 Å². The van der Waals surface area contributed by atoms with Gasteiger partial charge in [0.25, 0.3) is 5.56 Å². The first kappa shape index (κ1) is 20.5. The number of para-hydroxylation sites is 1. The van der Waals surface area contributed by atoms with Gasteiger partial charge in [0.1, 0.15) is 11.5 Å². The summed E-state index contributed by atoms with van der Waals surface area (Å²) in [6.45, 7) is 0.616. The zero-order chi connectivity index (χ0) is 21.9. The molecular weight excluding hydrogens is 442 g/mol. The molecule has 0 radical (unpaired) electrons. The Morgan fingerprint density at radius 1 is 0.938 bits per heavy atom. The van der Waals surface area contributed by atoms with E-state index in [1.165, 1.54) is 16.2 Å². The lowest BCUT2D eigenvalue weighted by Crippen LogP contribution is -2.14. The Labute approximate surface area is 193 Å². The molecule has 0 aliphatic carbocycles. The van der Waals surface area contributed by atoms with E-state index in [-0.39, 0.29) is 5.56 Å². The molecule has 32 heavy (non-hydrogen) atoms. The summed E-state index contributed by atoms with van der Waals surface area (Å²) in [4.78, 5) is 26.3. The van der Waals surface area contributed by atoms with Gasteiger partial charge in [-0.1, -0.05) is 53.7 Å². The maximum absolute atomic E-state index is 12.3. The Bertz CT molecular complexity index is 1470. The summed E-state index contributed by atoms with van der Waals surface area (Å²) in [5.74, 6) is 1.26. The summed E-state index contributed by atoms with van der Waals surface area (Å²) in [5.41, 5.74) is 3.18. The summed E-state index contributed by atoms with van der Waals surface area (Å²) in [6.07, 6.45) is 1.71. The minimum Gasteiger partial charge on any atom is -0.365 e. The first-order valence-electron chi connectivity index (χ1n) is 10.0. The molecule has 8 heteroatoms. The number of fused-ring (bicyclic) bond motifs is 2. The van der Waals surface area contributed by atoms with Crippen LogP contribution in [0.5, 0.6) is 0 Å². The van der Waals surface area contributed by atoms with Crippen molar-refractivity contribution in [3.63, 3.8) is 0 Å². The van der Waals surface area contributed by atoms with E-state index < -0.39 is 0 Å². The predicted molar refractivity (Wildman–Crippen MR) is 129 cm³/mol. The Morgan fingerprint density at radius 2 is 1.75 bits per heavy atom. The van der Waals surface area contributed by atoms with Crippen molar-refractivity contribution in [1.29, 1.82) is 0 Å². The van der Waals surface area contributed by atoms with Crippen LogP contribution in [0.1, 0.15) is 11.3 Å². The smallest absolute Gasteiger partial charge is 0.258 e. The van der Waals surface area contributed by atoms with Crippen molar-refractivity contribution in [2.75, 3.05) is 5.32 Å². The van der Waals surface area contributed by atoms with E-state index in [9.17, 15) is 4.79 Å². The third-order valence-corrected chi connectivity index (χ3v) is 6.06. The van der Waals surface area contributed by atoms with Crippen molar-refractivity contribution in [2.24, 2.45) is 0 Å². The molecule has 0 amide bonds. The van der Waals surface area contributed by atoms with E-state index in [1.807, 2.05) is 66.7 Å². The van der Waals surface area contributed by atoms with Crippen LogP contribution in [0.4, 0.5) is 5.82 Å². The van der Waals surface area contributed by atoms with Crippen LogP contribution < -0.4 is 10.9 Å². The maximum atomic E-state index is 12.3. The molecule has 6 nitrogen and oxygen atoms in total. The van der Waals surface area contributed by atoms with Gasteiger partial charge in [0.15, 0.2) is 5.16 Å². The molecule has 3 heterocycles. The van der Waals surface area contributed by atoms with Gasteiger partial charge in [-0.25, -0.2) is 15.0 Å². The molecule has 2 aromatic carbocycles. The van der Waals surface area contributed by atoms with Crippen molar-refractivity contribution >= 4 is 45.7 Å². The second kappa shape index (κ2) is 8.98. The van der Waals surface area contributed by atoms with Gasteiger partial charge >= 0.3 is 0 Å². The van der Waals surface area contributed by atoms with E-state index in [0.29, 0.717) is 33.8 Å². The molecule has 0 saturated carbocycles. The minimum absolute atomic E-state index is 0.101.